The van der Waals surface area contributed by atoms with E-state index in [9.17, 15) is 17.6 Å². The van der Waals surface area contributed by atoms with E-state index in [-0.39, 0.29) is 41.3 Å². The maximum absolute atomic E-state index is 14.0. The summed E-state index contributed by atoms with van der Waals surface area (Å²) in [5.74, 6) is -0.703. The fourth-order valence-electron chi connectivity index (χ4n) is 5.20. The molecule has 7 nitrogen and oxygen atoms in total. The summed E-state index contributed by atoms with van der Waals surface area (Å²) in [5, 5.41) is 6.95. The maximum Gasteiger partial charge on any atom is 0.248 e. The second kappa shape index (κ2) is 10.6. The number of rotatable bonds is 6. The van der Waals surface area contributed by atoms with Gasteiger partial charge in [0.05, 0.1) is 0 Å². The van der Waals surface area contributed by atoms with Crippen molar-refractivity contribution in [2.45, 2.75) is 50.3 Å². The number of sulfonamides is 1. The number of fused-ring (bicyclic) bond motifs is 1. The molecular weight excluding hydrogens is 493 g/mol. The number of aryl methyl sites for hydroxylation is 2. The van der Waals surface area contributed by atoms with E-state index < -0.39 is 15.8 Å². The SMILES string of the molecule is Cc1noc(C=Cc2ccccc2F)c1S(=O)(=O)N1CCC(C(=O)Nc2cccc3c2CCCC3)CC1. The molecule has 2 aromatic carbocycles. The monoisotopic (exact) mass is 523 g/mol. The first-order chi connectivity index (χ1) is 17.8. The van der Waals surface area contributed by atoms with Crippen LogP contribution in [0.2, 0.25) is 0 Å². The minimum Gasteiger partial charge on any atom is -0.355 e. The first-order valence-electron chi connectivity index (χ1n) is 12.7. The van der Waals surface area contributed by atoms with Crippen LogP contribution in [0, 0.1) is 18.7 Å². The van der Waals surface area contributed by atoms with E-state index in [1.54, 1.807) is 25.1 Å². The van der Waals surface area contributed by atoms with Crippen molar-refractivity contribution < 1.29 is 22.1 Å². The molecule has 0 spiro atoms. The summed E-state index contributed by atoms with van der Waals surface area (Å²) < 4.78 is 47.7. The highest BCUT2D eigenvalue weighted by molar-refractivity contribution is 7.89. The molecule has 1 N–H and O–H groups in total. The molecule has 5 rings (SSSR count). The van der Waals surface area contributed by atoms with Gasteiger partial charge >= 0.3 is 0 Å². The van der Waals surface area contributed by atoms with Crippen LogP contribution in [0.5, 0.6) is 0 Å². The molecule has 0 saturated carbocycles. The van der Waals surface area contributed by atoms with Crippen LogP contribution in [0.15, 0.2) is 51.9 Å². The quantitative estimate of drug-likeness (QED) is 0.479. The van der Waals surface area contributed by atoms with Crippen LogP contribution in [0.3, 0.4) is 0 Å². The minimum absolute atomic E-state index is 0.0288. The van der Waals surface area contributed by atoms with E-state index in [0.717, 1.165) is 24.9 Å². The van der Waals surface area contributed by atoms with E-state index in [4.69, 9.17) is 4.52 Å². The van der Waals surface area contributed by atoms with E-state index in [1.165, 1.54) is 40.1 Å². The van der Waals surface area contributed by atoms with Crippen molar-refractivity contribution in [1.29, 1.82) is 0 Å². The largest absolute Gasteiger partial charge is 0.355 e. The van der Waals surface area contributed by atoms with Gasteiger partial charge in [-0.15, -0.1) is 0 Å². The highest BCUT2D eigenvalue weighted by Gasteiger charge is 2.36. The topological polar surface area (TPSA) is 92.5 Å². The molecule has 1 amide bonds. The maximum atomic E-state index is 14.0. The van der Waals surface area contributed by atoms with Crippen molar-refractivity contribution >= 4 is 33.8 Å². The van der Waals surface area contributed by atoms with E-state index in [0.29, 0.717) is 18.4 Å². The third-order valence-corrected chi connectivity index (χ3v) is 9.29. The van der Waals surface area contributed by atoms with Gasteiger partial charge in [-0.25, -0.2) is 12.8 Å². The van der Waals surface area contributed by atoms with Gasteiger partial charge in [0, 0.05) is 30.3 Å². The highest BCUT2D eigenvalue weighted by atomic mass is 32.2. The Kier molecular flexibility index (Phi) is 7.26. The van der Waals surface area contributed by atoms with Crippen molar-refractivity contribution in [3.05, 3.63) is 76.4 Å². The molecule has 9 heteroatoms. The predicted molar refractivity (Wildman–Crippen MR) is 140 cm³/mol. The van der Waals surface area contributed by atoms with Gasteiger partial charge in [-0.3, -0.25) is 4.79 Å². The standard InChI is InChI=1S/C28H30FN3O4S/c1-19-27(26(36-31-19)14-13-21-8-3-5-11-24(21)29)37(34,35)32-17-15-22(16-18-32)28(33)30-25-12-6-9-20-7-2-4-10-23(20)25/h3,5-6,8-9,11-14,22H,2,4,7,10,15-18H2,1H3,(H,30,33). The van der Waals surface area contributed by atoms with E-state index >= 15 is 0 Å². The third kappa shape index (κ3) is 5.24. The average molecular weight is 524 g/mol. The van der Waals surface area contributed by atoms with Crippen LogP contribution in [0.25, 0.3) is 12.2 Å². The fraction of sp³-hybridized carbons (Fsp3) is 0.357. The summed E-state index contributed by atoms with van der Waals surface area (Å²) in [6.07, 6.45) is 8.03. The lowest BCUT2D eigenvalue weighted by molar-refractivity contribution is -0.120. The summed E-state index contributed by atoms with van der Waals surface area (Å²) in [5.41, 5.74) is 3.95. The Bertz CT molecular complexity index is 1440. The smallest absolute Gasteiger partial charge is 0.248 e. The van der Waals surface area contributed by atoms with Crippen molar-refractivity contribution in [2.24, 2.45) is 5.92 Å². The number of hydrogen-bond donors (Lipinski definition) is 1. The molecule has 2 heterocycles. The number of aromatic nitrogens is 1. The predicted octanol–water partition coefficient (Wildman–Crippen LogP) is 5.21. The second-order valence-corrected chi connectivity index (χ2v) is 11.5. The molecule has 0 unspecified atom stereocenters. The molecule has 0 atom stereocenters. The van der Waals surface area contributed by atoms with Crippen molar-refractivity contribution in [1.82, 2.24) is 9.46 Å². The summed E-state index contributed by atoms with van der Waals surface area (Å²) >= 11 is 0. The van der Waals surface area contributed by atoms with E-state index in [2.05, 4.69) is 16.5 Å². The Balaban J connectivity index is 1.27. The van der Waals surface area contributed by atoms with Crippen LogP contribution in [0.4, 0.5) is 10.1 Å². The van der Waals surface area contributed by atoms with Crippen LogP contribution in [-0.4, -0.2) is 36.9 Å². The molecule has 1 aliphatic heterocycles. The number of benzene rings is 2. The molecule has 1 aliphatic carbocycles. The molecular formula is C28H30FN3O4S. The molecule has 1 fully saturated rings. The lowest BCUT2D eigenvalue weighted by Gasteiger charge is -2.30. The Hall–Kier alpha value is -3.30. The molecule has 194 valence electrons. The Labute approximate surface area is 216 Å². The van der Waals surface area contributed by atoms with Gasteiger partial charge < -0.3 is 9.84 Å². The highest BCUT2D eigenvalue weighted by Crippen LogP contribution is 2.31. The molecule has 0 radical (unpaired) electrons. The summed E-state index contributed by atoms with van der Waals surface area (Å²) in [6.45, 7) is 2.00. The van der Waals surface area contributed by atoms with E-state index in [1.807, 2.05) is 12.1 Å². The number of carbonyl (C=O) groups excluding carboxylic acids is 1. The lowest BCUT2D eigenvalue weighted by atomic mass is 9.90. The molecule has 37 heavy (non-hydrogen) atoms. The van der Waals surface area contributed by atoms with Gasteiger partial charge in [0.2, 0.25) is 15.9 Å². The zero-order valence-corrected chi connectivity index (χ0v) is 21.6. The summed E-state index contributed by atoms with van der Waals surface area (Å²) in [4.78, 5) is 13.0. The third-order valence-electron chi connectivity index (χ3n) is 7.23. The number of piperidine rings is 1. The number of carbonyl (C=O) groups is 1. The second-order valence-electron chi connectivity index (χ2n) is 9.63. The van der Waals surface area contributed by atoms with Crippen molar-refractivity contribution in [2.75, 3.05) is 18.4 Å². The van der Waals surface area contributed by atoms with Gasteiger partial charge in [0.15, 0.2) is 10.7 Å². The lowest BCUT2D eigenvalue weighted by Crippen LogP contribution is -2.41. The van der Waals surface area contributed by atoms with Gasteiger partial charge in [-0.1, -0.05) is 35.5 Å². The first kappa shape index (κ1) is 25.4. The van der Waals surface area contributed by atoms with Gasteiger partial charge in [-0.05, 0) is 80.9 Å². The van der Waals surface area contributed by atoms with Crippen molar-refractivity contribution in [3.8, 4) is 0 Å². The zero-order valence-electron chi connectivity index (χ0n) is 20.7. The van der Waals surface area contributed by atoms with Gasteiger partial charge in [-0.2, -0.15) is 4.31 Å². The number of amides is 1. The number of nitrogens with zero attached hydrogens (tertiary/aromatic N) is 2. The molecule has 3 aromatic rings. The van der Waals surface area contributed by atoms with Gasteiger partial charge in [0.1, 0.15) is 11.5 Å². The first-order valence-corrected chi connectivity index (χ1v) is 14.1. The number of halogens is 1. The molecule has 1 aromatic heterocycles. The van der Waals surface area contributed by atoms with Gasteiger partial charge in [0.25, 0.3) is 0 Å². The van der Waals surface area contributed by atoms with Crippen molar-refractivity contribution in [3.63, 3.8) is 0 Å². The number of anilines is 1. The average Bonchev–Trinajstić information content (AvgIpc) is 3.29. The van der Waals surface area contributed by atoms with Crippen LogP contribution in [-0.2, 0) is 27.7 Å². The fourth-order valence-corrected chi connectivity index (χ4v) is 6.92. The Morgan fingerprint density at radius 2 is 1.84 bits per heavy atom. The zero-order chi connectivity index (χ0) is 26.0. The Morgan fingerprint density at radius 1 is 1.08 bits per heavy atom. The van der Waals surface area contributed by atoms with Crippen LogP contribution >= 0.6 is 0 Å². The number of nitrogens with one attached hydrogen (secondary N) is 1. The molecule has 2 aliphatic rings. The summed E-state index contributed by atoms with van der Waals surface area (Å²) in [6, 6.07) is 12.2. The summed E-state index contributed by atoms with van der Waals surface area (Å²) in [7, 11) is -3.91. The minimum atomic E-state index is -3.91. The normalized spacial score (nSPS) is 17.1. The molecule has 0 bridgehead atoms. The van der Waals surface area contributed by atoms with Crippen LogP contribution in [0.1, 0.15) is 53.8 Å². The molecule has 1 saturated heterocycles. The van der Waals surface area contributed by atoms with Crippen LogP contribution < -0.4 is 5.32 Å². The number of hydrogen-bond acceptors (Lipinski definition) is 5. The Morgan fingerprint density at radius 3 is 2.62 bits per heavy atom.